The fraction of sp³-hybridized carbons (Fsp3) is 0.0870. The highest BCUT2D eigenvalue weighted by atomic mass is 35.5. The summed E-state index contributed by atoms with van der Waals surface area (Å²) in [6, 6.07) is 25.0. The van der Waals surface area contributed by atoms with Crippen LogP contribution in [0.3, 0.4) is 0 Å². The molecule has 0 aliphatic carbocycles. The van der Waals surface area contributed by atoms with E-state index in [9.17, 15) is 4.79 Å². The summed E-state index contributed by atoms with van der Waals surface area (Å²) in [7, 11) is 0. The number of thioether (sulfide) groups is 1. The van der Waals surface area contributed by atoms with Crippen LogP contribution in [0, 0.1) is 6.92 Å². The van der Waals surface area contributed by atoms with Gasteiger partial charge in [-0.25, -0.2) is 0 Å². The van der Waals surface area contributed by atoms with Gasteiger partial charge in [-0.1, -0.05) is 71.9 Å². The van der Waals surface area contributed by atoms with E-state index in [0.29, 0.717) is 15.9 Å². The van der Waals surface area contributed by atoms with Crippen LogP contribution in [0.25, 0.3) is 17.1 Å². The minimum absolute atomic E-state index is 0.137. The maximum absolute atomic E-state index is 12.4. The highest BCUT2D eigenvalue weighted by molar-refractivity contribution is 7.99. The van der Waals surface area contributed by atoms with Gasteiger partial charge in [0, 0.05) is 22.0 Å². The van der Waals surface area contributed by atoms with Crippen molar-refractivity contribution in [3.63, 3.8) is 0 Å². The Kier molecular flexibility index (Phi) is 6.16. The largest absolute Gasteiger partial charge is 0.325 e. The number of nitrogens with zero attached hydrogens (tertiary/aromatic N) is 3. The normalized spacial score (nSPS) is 10.7. The van der Waals surface area contributed by atoms with Crippen molar-refractivity contribution < 1.29 is 4.79 Å². The van der Waals surface area contributed by atoms with E-state index in [-0.39, 0.29) is 11.7 Å². The van der Waals surface area contributed by atoms with Crippen LogP contribution in [-0.4, -0.2) is 26.4 Å². The lowest BCUT2D eigenvalue weighted by Crippen LogP contribution is -2.14. The van der Waals surface area contributed by atoms with Crippen LogP contribution in [0.5, 0.6) is 0 Å². The Bertz CT molecular complexity index is 1180. The monoisotopic (exact) mass is 434 g/mol. The van der Waals surface area contributed by atoms with Gasteiger partial charge < -0.3 is 5.32 Å². The number of para-hydroxylation sites is 1. The zero-order chi connectivity index (χ0) is 20.9. The molecule has 1 N–H and O–H groups in total. The van der Waals surface area contributed by atoms with Crippen molar-refractivity contribution in [2.45, 2.75) is 12.1 Å². The number of hydrogen-bond acceptors (Lipinski definition) is 4. The number of halogens is 1. The number of rotatable bonds is 6. The number of aryl methyl sites for hydroxylation is 1. The molecular weight excluding hydrogens is 416 g/mol. The van der Waals surface area contributed by atoms with Crippen molar-refractivity contribution in [3.05, 3.63) is 89.4 Å². The van der Waals surface area contributed by atoms with E-state index in [0.717, 1.165) is 22.6 Å². The molecule has 4 rings (SSSR count). The molecule has 1 aromatic heterocycles. The van der Waals surface area contributed by atoms with Crippen molar-refractivity contribution in [2.75, 3.05) is 11.1 Å². The van der Waals surface area contributed by atoms with Crippen molar-refractivity contribution in [1.82, 2.24) is 14.8 Å². The SMILES string of the molecule is Cc1ccccc1-c1nnc(SCC(=O)Nc2cccc(Cl)c2)n1-c1ccccc1. The number of hydrogen-bond donors (Lipinski definition) is 1. The molecule has 1 heterocycles. The second-order valence-electron chi connectivity index (χ2n) is 6.64. The van der Waals surface area contributed by atoms with E-state index < -0.39 is 0 Å². The number of carbonyl (C=O) groups excluding carboxylic acids is 1. The van der Waals surface area contributed by atoms with Gasteiger partial charge in [-0.05, 0) is 42.8 Å². The summed E-state index contributed by atoms with van der Waals surface area (Å²) in [6.07, 6.45) is 0. The zero-order valence-corrected chi connectivity index (χ0v) is 17.8. The molecule has 1 amide bonds. The molecule has 0 fully saturated rings. The molecule has 4 aromatic rings. The highest BCUT2D eigenvalue weighted by Gasteiger charge is 2.18. The number of benzene rings is 3. The molecule has 0 radical (unpaired) electrons. The third-order valence-electron chi connectivity index (χ3n) is 4.47. The van der Waals surface area contributed by atoms with Gasteiger partial charge >= 0.3 is 0 Å². The fourth-order valence-electron chi connectivity index (χ4n) is 3.06. The van der Waals surface area contributed by atoms with Gasteiger partial charge in [-0.2, -0.15) is 0 Å². The minimum atomic E-state index is -0.137. The van der Waals surface area contributed by atoms with Crippen molar-refractivity contribution in [3.8, 4) is 17.1 Å². The summed E-state index contributed by atoms with van der Waals surface area (Å²) < 4.78 is 1.99. The Morgan fingerprint density at radius 3 is 2.53 bits per heavy atom. The lowest BCUT2D eigenvalue weighted by Gasteiger charge is -2.11. The molecule has 30 heavy (non-hydrogen) atoms. The van der Waals surface area contributed by atoms with E-state index in [1.165, 1.54) is 11.8 Å². The van der Waals surface area contributed by atoms with Crippen LogP contribution >= 0.6 is 23.4 Å². The third-order valence-corrected chi connectivity index (χ3v) is 5.64. The first-order valence-corrected chi connectivity index (χ1v) is 10.7. The number of carbonyl (C=O) groups is 1. The van der Waals surface area contributed by atoms with Crippen molar-refractivity contribution >= 4 is 35.0 Å². The second kappa shape index (κ2) is 9.15. The summed E-state index contributed by atoms with van der Waals surface area (Å²) in [5.41, 5.74) is 3.72. The molecule has 0 unspecified atom stereocenters. The van der Waals surface area contributed by atoms with Crippen LogP contribution in [0.2, 0.25) is 5.02 Å². The first kappa shape index (κ1) is 20.2. The molecule has 0 aliphatic rings. The maximum atomic E-state index is 12.4. The molecular formula is C23H19ClN4OS. The molecule has 0 aliphatic heterocycles. The smallest absolute Gasteiger partial charge is 0.234 e. The van der Waals surface area contributed by atoms with Crippen LogP contribution in [0.4, 0.5) is 5.69 Å². The lowest BCUT2D eigenvalue weighted by molar-refractivity contribution is -0.113. The van der Waals surface area contributed by atoms with Gasteiger partial charge in [0.1, 0.15) is 0 Å². The summed E-state index contributed by atoms with van der Waals surface area (Å²) in [6.45, 7) is 2.05. The summed E-state index contributed by atoms with van der Waals surface area (Å²) in [5.74, 6) is 0.810. The predicted molar refractivity (Wildman–Crippen MR) is 122 cm³/mol. The minimum Gasteiger partial charge on any atom is -0.325 e. The number of aromatic nitrogens is 3. The molecule has 3 aromatic carbocycles. The molecule has 0 spiro atoms. The van der Waals surface area contributed by atoms with Gasteiger partial charge in [0.15, 0.2) is 11.0 Å². The van der Waals surface area contributed by atoms with Gasteiger partial charge in [0.05, 0.1) is 5.75 Å². The Labute approximate surface area is 184 Å². The summed E-state index contributed by atoms with van der Waals surface area (Å²) >= 11 is 7.32. The third kappa shape index (κ3) is 4.56. The molecule has 0 saturated heterocycles. The van der Waals surface area contributed by atoms with Crippen molar-refractivity contribution in [2.24, 2.45) is 0 Å². The van der Waals surface area contributed by atoms with Crippen LogP contribution in [0.1, 0.15) is 5.56 Å². The standard InChI is InChI=1S/C23H19ClN4OS/c1-16-8-5-6-13-20(16)22-26-27-23(28(22)19-11-3-2-4-12-19)30-15-21(29)25-18-10-7-9-17(24)14-18/h2-14H,15H2,1H3,(H,25,29). The van der Waals surface area contributed by atoms with Gasteiger partial charge in [-0.3, -0.25) is 9.36 Å². The van der Waals surface area contributed by atoms with Gasteiger partial charge in [0.25, 0.3) is 0 Å². The Balaban J connectivity index is 1.60. The average Bonchev–Trinajstić information content (AvgIpc) is 3.17. The topological polar surface area (TPSA) is 59.8 Å². The van der Waals surface area contributed by atoms with E-state index in [4.69, 9.17) is 11.6 Å². The van der Waals surface area contributed by atoms with Crippen LogP contribution < -0.4 is 5.32 Å². The van der Waals surface area contributed by atoms with E-state index in [1.807, 2.05) is 66.1 Å². The van der Waals surface area contributed by atoms with E-state index >= 15 is 0 Å². The number of anilines is 1. The summed E-state index contributed by atoms with van der Waals surface area (Å²) in [5, 5.41) is 12.9. The summed E-state index contributed by atoms with van der Waals surface area (Å²) in [4.78, 5) is 12.4. The Hall–Kier alpha value is -3.09. The lowest BCUT2D eigenvalue weighted by atomic mass is 10.1. The second-order valence-corrected chi connectivity index (χ2v) is 8.02. The predicted octanol–water partition coefficient (Wildman–Crippen LogP) is 5.63. The van der Waals surface area contributed by atoms with Gasteiger partial charge in [-0.15, -0.1) is 10.2 Å². The quantitative estimate of drug-likeness (QED) is 0.400. The van der Waals surface area contributed by atoms with Gasteiger partial charge in [0.2, 0.25) is 5.91 Å². The number of nitrogens with one attached hydrogen (secondary N) is 1. The first-order valence-electron chi connectivity index (χ1n) is 9.37. The van der Waals surface area contributed by atoms with Crippen LogP contribution in [0.15, 0.2) is 84.0 Å². The Morgan fingerprint density at radius 1 is 1.00 bits per heavy atom. The zero-order valence-electron chi connectivity index (χ0n) is 16.2. The number of amides is 1. The highest BCUT2D eigenvalue weighted by Crippen LogP contribution is 2.29. The molecule has 5 nitrogen and oxygen atoms in total. The van der Waals surface area contributed by atoms with E-state index in [2.05, 4.69) is 15.5 Å². The molecule has 0 atom stereocenters. The molecule has 7 heteroatoms. The molecule has 0 bridgehead atoms. The fourth-order valence-corrected chi connectivity index (χ4v) is 4.01. The Morgan fingerprint density at radius 2 is 1.77 bits per heavy atom. The van der Waals surface area contributed by atoms with Crippen molar-refractivity contribution in [1.29, 1.82) is 0 Å². The maximum Gasteiger partial charge on any atom is 0.234 e. The van der Waals surface area contributed by atoms with E-state index in [1.54, 1.807) is 24.3 Å². The average molecular weight is 435 g/mol. The molecule has 0 saturated carbocycles. The molecule has 150 valence electrons. The van der Waals surface area contributed by atoms with Crippen LogP contribution in [-0.2, 0) is 4.79 Å². The first-order chi connectivity index (χ1) is 14.6.